The molecular weight excluding hydrogens is 332 g/mol. The third-order valence-corrected chi connectivity index (χ3v) is 3.63. The number of carbonyl (C=O) groups excluding carboxylic acids is 2. The standard InChI is InChI=1S/C15H18N4O6/c1-5-24-13(21)10(14(22)25-6-2)11-9-8(7-16-17-11)18(3)15(23)19(4)12(9)20/h7,10H,5-6H2,1-4H3. The van der Waals surface area contributed by atoms with Crippen LogP contribution in [0.25, 0.3) is 10.9 Å². The van der Waals surface area contributed by atoms with E-state index < -0.39 is 29.1 Å². The molecule has 0 unspecified atom stereocenters. The second kappa shape index (κ2) is 7.24. The summed E-state index contributed by atoms with van der Waals surface area (Å²) in [6, 6.07) is 0. The predicted molar refractivity (Wildman–Crippen MR) is 86.0 cm³/mol. The quantitative estimate of drug-likeness (QED) is 0.509. The van der Waals surface area contributed by atoms with E-state index in [1.807, 2.05) is 0 Å². The Balaban J connectivity index is 2.85. The van der Waals surface area contributed by atoms with Gasteiger partial charge in [-0.3, -0.25) is 23.5 Å². The molecular formula is C15H18N4O6. The van der Waals surface area contributed by atoms with Crippen molar-refractivity contribution >= 4 is 22.8 Å². The Hall–Kier alpha value is -3.04. The SMILES string of the molecule is CCOC(=O)C(C(=O)OCC)c1nncc2c1c(=O)n(C)c(=O)n2C. The summed E-state index contributed by atoms with van der Waals surface area (Å²) in [4.78, 5) is 49.2. The van der Waals surface area contributed by atoms with E-state index in [1.54, 1.807) is 13.8 Å². The van der Waals surface area contributed by atoms with Crippen LogP contribution < -0.4 is 11.2 Å². The molecule has 10 nitrogen and oxygen atoms in total. The third-order valence-electron chi connectivity index (χ3n) is 3.63. The number of hydrogen-bond donors (Lipinski definition) is 0. The van der Waals surface area contributed by atoms with Crippen molar-refractivity contribution in [3.63, 3.8) is 0 Å². The highest BCUT2D eigenvalue weighted by molar-refractivity contribution is 6.03. The molecule has 0 fully saturated rings. The van der Waals surface area contributed by atoms with Crippen LogP contribution in [-0.4, -0.2) is 44.5 Å². The molecule has 0 atom stereocenters. The molecule has 0 aliphatic rings. The molecule has 2 rings (SSSR count). The van der Waals surface area contributed by atoms with Gasteiger partial charge >= 0.3 is 17.6 Å². The monoisotopic (exact) mass is 350 g/mol. The van der Waals surface area contributed by atoms with Crippen molar-refractivity contribution in [2.75, 3.05) is 13.2 Å². The van der Waals surface area contributed by atoms with Gasteiger partial charge in [-0.2, -0.15) is 10.2 Å². The summed E-state index contributed by atoms with van der Waals surface area (Å²) in [5.74, 6) is -3.38. The summed E-state index contributed by atoms with van der Waals surface area (Å²) in [6.45, 7) is 3.22. The third kappa shape index (κ3) is 3.14. The Kier molecular flexibility index (Phi) is 5.30. The van der Waals surface area contributed by atoms with Crippen LogP contribution >= 0.6 is 0 Å². The molecule has 0 N–H and O–H groups in total. The highest BCUT2D eigenvalue weighted by atomic mass is 16.6. The summed E-state index contributed by atoms with van der Waals surface area (Å²) >= 11 is 0. The zero-order chi connectivity index (χ0) is 18.7. The van der Waals surface area contributed by atoms with Crippen molar-refractivity contribution in [2.45, 2.75) is 19.8 Å². The molecule has 0 saturated carbocycles. The van der Waals surface area contributed by atoms with Gasteiger partial charge in [-0.05, 0) is 13.8 Å². The maximum atomic E-state index is 12.6. The topological polar surface area (TPSA) is 122 Å². The highest BCUT2D eigenvalue weighted by Crippen LogP contribution is 2.22. The maximum absolute atomic E-state index is 12.6. The van der Waals surface area contributed by atoms with Gasteiger partial charge in [0.2, 0.25) is 0 Å². The molecule has 0 spiro atoms. The zero-order valence-electron chi connectivity index (χ0n) is 14.3. The van der Waals surface area contributed by atoms with Crippen LogP contribution in [0.2, 0.25) is 0 Å². The average Bonchev–Trinajstić information content (AvgIpc) is 2.58. The van der Waals surface area contributed by atoms with Crippen LogP contribution in [0.4, 0.5) is 0 Å². The second-order valence-electron chi connectivity index (χ2n) is 5.13. The molecule has 0 aromatic carbocycles. The summed E-state index contributed by atoms with van der Waals surface area (Å²) in [5, 5.41) is 7.46. The number of aromatic nitrogens is 4. The number of aryl methyl sites for hydroxylation is 1. The maximum Gasteiger partial charge on any atom is 0.330 e. The lowest BCUT2D eigenvalue weighted by Gasteiger charge is -2.16. The van der Waals surface area contributed by atoms with Gasteiger partial charge in [0, 0.05) is 14.1 Å². The number of hydrogen-bond acceptors (Lipinski definition) is 8. The number of rotatable bonds is 5. The molecule has 0 aliphatic carbocycles. The molecule has 2 aromatic heterocycles. The molecule has 0 saturated heterocycles. The van der Waals surface area contributed by atoms with E-state index in [4.69, 9.17) is 9.47 Å². The predicted octanol–water partition coefficient (Wildman–Crippen LogP) is -0.763. The van der Waals surface area contributed by atoms with Gasteiger partial charge < -0.3 is 9.47 Å². The van der Waals surface area contributed by atoms with Crippen molar-refractivity contribution in [2.24, 2.45) is 14.1 Å². The van der Waals surface area contributed by atoms with E-state index in [0.717, 1.165) is 4.57 Å². The summed E-state index contributed by atoms with van der Waals surface area (Å²) in [6.07, 6.45) is 1.22. The molecule has 0 amide bonds. The van der Waals surface area contributed by atoms with E-state index in [9.17, 15) is 19.2 Å². The van der Waals surface area contributed by atoms with Gasteiger partial charge in [0.15, 0.2) is 5.92 Å². The van der Waals surface area contributed by atoms with Gasteiger partial charge in [0.1, 0.15) is 5.69 Å². The lowest BCUT2D eigenvalue weighted by atomic mass is 10.0. The minimum atomic E-state index is -1.57. The van der Waals surface area contributed by atoms with E-state index in [2.05, 4.69) is 10.2 Å². The molecule has 0 aliphatic heterocycles. The smallest absolute Gasteiger partial charge is 0.330 e. The van der Waals surface area contributed by atoms with E-state index >= 15 is 0 Å². The van der Waals surface area contributed by atoms with Gasteiger partial charge in [0.05, 0.1) is 30.3 Å². The molecule has 2 aromatic rings. The van der Waals surface area contributed by atoms with Crippen LogP contribution in [0.5, 0.6) is 0 Å². The van der Waals surface area contributed by atoms with Crippen LogP contribution in [0, 0.1) is 0 Å². The normalized spacial score (nSPS) is 10.9. The molecule has 0 bridgehead atoms. The minimum Gasteiger partial charge on any atom is -0.465 e. The fraction of sp³-hybridized carbons (Fsp3) is 0.467. The largest absolute Gasteiger partial charge is 0.465 e. The van der Waals surface area contributed by atoms with E-state index in [-0.39, 0.29) is 29.8 Å². The Morgan fingerprint density at radius 2 is 1.64 bits per heavy atom. The van der Waals surface area contributed by atoms with Crippen LogP contribution in [-0.2, 0) is 33.2 Å². The van der Waals surface area contributed by atoms with Crippen molar-refractivity contribution < 1.29 is 19.1 Å². The zero-order valence-corrected chi connectivity index (χ0v) is 14.3. The van der Waals surface area contributed by atoms with Crippen molar-refractivity contribution in [1.82, 2.24) is 19.3 Å². The summed E-state index contributed by atoms with van der Waals surface area (Å²) in [7, 11) is 2.73. The van der Waals surface area contributed by atoms with Crippen LogP contribution in [0.3, 0.4) is 0 Å². The Morgan fingerprint density at radius 3 is 2.16 bits per heavy atom. The lowest BCUT2D eigenvalue weighted by molar-refractivity contribution is -0.157. The lowest BCUT2D eigenvalue weighted by Crippen LogP contribution is -2.38. The number of fused-ring (bicyclic) bond motifs is 1. The molecule has 25 heavy (non-hydrogen) atoms. The van der Waals surface area contributed by atoms with Crippen LogP contribution in [0.15, 0.2) is 15.8 Å². The van der Waals surface area contributed by atoms with Gasteiger partial charge in [-0.25, -0.2) is 4.79 Å². The van der Waals surface area contributed by atoms with E-state index in [1.165, 1.54) is 24.9 Å². The highest BCUT2D eigenvalue weighted by Gasteiger charge is 2.36. The van der Waals surface area contributed by atoms with E-state index in [0.29, 0.717) is 0 Å². The molecule has 10 heteroatoms. The number of carbonyl (C=O) groups is 2. The van der Waals surface area contributed by atoms with Gasteiger partial charge in [-0.1, -0.05) is 0 Å². The fourth-order valence-corrected chi connectivity index (χ4v) is 2.42. The first-order valence-electron chi connectivity index (χ1n) is 7.59. The average molecular weight is 350 g/mol. The molecule has 134 valence electrons. The Morgan fingerprint density at radius 1 is 1.08 bits per heavy atom. The summed E-state index contributed by atoms with van der Waals surface area (Å²) < 4.78 is 11.9. The van der Waals surface area contributed by atoms with Crippen LogP contribution in [0.1, 0.15) is 25.5 Å². The minimum absolute atomic E-state index is 0.0312. The van der Waals surface area contributed by atoms with Gasteiger partial charge in [-0.15, -0.1) is 0 Å². The fourth-order valence-electron chi connectivity index (χ4n) is 2.42. The van der Waals surface area contributed by atoms with Crippen molar-refractivity contribution in [3.05, 3.63) is 32.7 Å². The first kappa shape index (κ1) is 18.3. The van der Waals surface area contributed by atoms with Crippen molar-refractivity contribution in [1.29, 1.82) is 0 Å². The number of nitrogens with zero attached hydrogens (tertiary/aromatic N) is 4. The first-order valence-corrected chi connectivity index (χ1v) is 7.59. The summed E-state index contributed by atoms with van der Waals surface area (Å²) in [5.41, 5.74) is -1.32. The molecule has 2 heterocycles. The van der Waals surface area contributed by atoms with Crippen molar-refractivity contribution in [3.8, 4) is 0 Å². The number of ether oxygens (including phenoxy) is 2. The molecule has 0 radical (unpaired) electrons. The first-order chi connectivity index (χ1) is 11.8. The second-order valence-corrected chi connectivity index (χ2v) is 5.13. The Labute approximate surface area is 142 Å². The Bertz CT molecular complexity index is 927. The van der Waals surface area contributed by atoms with Gasteiger partial charge in [0.25, 0.3) is 5.56 Å². The number of esters is 2.